The molecule has 0 saturated heterocycles. The maximum Gasteiger partial charge on any atom is 0.266 e. The van der Waals surface area contributed by atoms with Crippen molar-refractivity contribution < 1.29 is 13.5 Å². The summed E-state index contributed by atoms with van der Waals surface area (Å²) in [4.78, 5) is 15.2. The van der Waals surface area contributed by atoms with Gasteiger partial charge in [0.15, 0.2) is 0 Å². The fraction of sp³-hybridized carbons (Fsp3) is 0.227. The number of hydrogen-bond donors (Lipinski definition) is 2. The molecule has 0 aliphatic carbocycles. The van der Waals surface area contributed by atoms with Crippen LogP contribution in [0, 0.1) is 0 Å². The van der Waals surface area contributed by atoms with Gasteiger partial charge in [0.05, 0.1) is 0 Å². The molecule has 0 radical (unpaired) electrons. The first-order chi connectivity index (χ1) is 13.8. The van der Waals surface area contributed by atoms with Crippen LogP contribution in [0.4, 0.5) is 0 Å². The van der Waals surface area contributed by atoms with E-state index in [9.17, 15) is 18.3 Å². The number of aromatic hydroxyl groups is 1. The predicted octanol–water partition coefficient (Wildman–Crippen LogP) is 4.48. The zero-order valence-electron chi connectivity index (χ0n) is 15.9. The Bertz CT molecular complexity index is 1350. The van der Waals surface area contributed by atoms with Crippen molar-refractivity contribution in [1.82, 2.24) is 4.98 Å². The van der Waals surface area contributed by atoms with E-state index >= 15 is 0 Å². The van der Waals surface area contributed by atoms with Gasteiger partial charge in [-0.1, -0.05) is 24.3 Å². The van der Waals surface area contributed by atoms with Gasteiger partial charge in [0.1, 0.15) is 20.3 Å². The summed E-state index contributed by atoms with van der Waals surface area (Å²) in [6.07, 6.45) is 3.52. The Morgan fingerprint density at radius 3 is 2.52 bits per heavy atom. The zero-order chi connectivity index (χ0) is 20.6. The lowest BCUT2D eigenvalue weighted by molar-refractivity contribution is 0.478. The molecular weight excluding hydrogens is 406 g/mol. The zero-order valence-corrected chi connectivity index (χ0v) is 17.6. The first-order valence-corrected chi connectivity index (χ1v) is 12.3. The van der Waals surface area contributed by atoms with Crippen LogP contribution in [0.2, 0.25) is 0 Å². The van der Waals surface area contributed by atoms with Crippen molar-refractivity contribution in [2.45, 2.75) is 19.3 Å². The van der Waals surface area contributed by atoms with E-state index in [-0.39, 0.29) is 17.1 Å². The fourth-order valence-corrected chi connectivity index (χ4v) is 5.18. The molecule has 2 aromatic carbocycles. The number of H-pyrrole nitrogens is 1. The molecule has 0 amide bonds. The third kappa shape index (κ3) is 4.06. The monoisotopic (exact) mass is 427 g/mol. The average Bonchev–Trinajstić information content (AvgIpc) is 3.16. The van der Waals surface area contributed by atoms with Gasteiger partial charge < -0.3 is 10.1 Å². The van der Waals surface area contributed by atoms with Crippen LogP contribution in [0.25, 0.3) is 32.1 Å². The minimum absolute atomic E-state index is 0.122. The van der Waals surface area contributed by atoms with Crippen LogP contribution < -0.4 is 5.56 Å². The molecule has 5 nitrogen and oxygen atoms in total. The first-order valence-electron chi connectivity index (χ1n) is 9.36. The molecule has 0 atom stereocenters. The number of pyridine rings is 1. The van der Waals surface area contributed by atoms with Crippen molar-refractivity contribution in [2.75, 3.05) is 12.0 Å². The summed E-state index contributed by atoms with van der Waals surface area (Å²) < 4.78 is 23.1. The Morgan fingerprint density at radius 2 is 1.79 bits per heavy atom. The summed E-state index contributed by atoms with van der Waals surface area (Å²) in [7, 11) is -2.92. The Morgan fingerprint density at radius 1 is 1.03 bits per heavy atom. The normalized spacial score (nSPS) is 12.0. The van der Waals surface area contributed by atoms with Crippen LogP contribution >= 0.6 is 11.3 Å². The van der Waals surface area contributed by atoms with E-state index in [1.807, 2.05) is 35.7 Å². The highest BCUT2D eigenvalue weighted by atomic mass is 32.2. The highest BCUT2D eigenvalue weighted by Gasteiger charge is 2.15. The number of hydrogen-bond acceptors (Lipinski definition) is 5. The van der Waals surface area contributed by atoms with E-state index in [1.165, 1.54) is 17.6 Å². The second-order valence-electron chi connectivity index (χ2n) is 7.28. The van der Waals surface area contributed by atoms with Crippen LogP contribution in [0.15, 0.2) is 52.6 Å². The largest absolute Gasteiger partial charge is 0.507 e. The lowest BCUT2D eigenvalue weighted by Gasteiger charge is -2.11. The van der Waals surface area contributed by atoms with Gasteiger partial charge >= 0.3 is 0 Å². The maximum absolute atomic E-state index is 12.3. The lowest BCUT2D eigenvalue weighted by atomic mass is 9.96. The molecule has 0 aliphatic rings. The van der Waals surface area contributed by atoms with Gasteiger partial charge in [0.25, 0.3) is 5.56 Å². The number of benzene rings is 2. The lowest BCUT2D eigenvalue weighted by Crippen LogP contribution is -2.04. The molecule has 0 bridgehead atoms. The van der Waals surface area contributed by atoms with Crippen molar-refractivity contribution in [1.29, 1.82) is 0 Å². The minimum atomic E-state index is -2.92. The molecule has 4 rings (SSSR count). The number of aromatic nitrogens is 1. The topological polar surface area (TPSA) is 87.2 Å². The number of nitrogens with one attached hydrogen (secondary N) is 1. The third-order valence-electron chi connectivity index (χ3n) is 5.05. The number of unbranched alkanes of at least 4 members (excludes halogenated alkanes) is 1. The van der Waals surface area contributed by atoms with Crippen LogP contribution in [-0.2, 0) is 16.3 Å². The first kappa shape index (κ1) is 19.7. The number of thiophene rings is 1. The fourth-order valence-electron chi connectivity index (χ4n) is 3.66. The van der Waals surface area contributed by atoms with Gasteiger partial charge in [-0.25, -0.2) is 8.42 Å². The van der Waals surface area contributed by atoms with E-state index in [2.05, 4.69) is 4.98 Å². The van der Waals surface area contributed by atoms with E-state index < -0.39 is 9.84 Å². The van der Waals surface area contributed by atoms with E-state index in [0.29, 0.717) is 22.2 Å². The van der Waals surface area contributed by atoms with E-state index in [1.54, 1.807) is 12.1 Å². The summed E-state index contributed by atoms with van der Waals surface area (Å²) in [6, 6.07) is 13.2. The van der Waals surface area contributed by atoms with Crippen molar-refractivity contribution in [2.24, 2.45) is 0 Å². The molecule has 2 aromatic heterocycles. The number of rotatable bonds is 6. The number of sulfone groups is 1. The van der Waals surface area contributed by atoms with Gasteiger partial charge in [-0.2, -0.15) is 0 Å². The van der Waals surface area contributed by atoms with Crippen LogP contribution in [0.3, 0.4) is 0 Å². The molecule has 0 fully saturated rings. The molecular formula is C22H21NO4S2. The van der Waals surface area contributed by atoms with Crippen LogP contribution in [0.5, 0.6) is 5.75 Å². The van der Waals surface area contributed by atoms with Crippen molar-refractivity contribution >= 4 is 42.2 Å². The summed E-state index contributed by atoms with van der Waals surface area (Å²) in [6.45, 7) is 0. The number of aromatic amines is 1. The molecule has 0 saturated carbocycles. The summed E-state index contributed by atoms with van der Waals surface area (Å²) in [5, 5.41) is 14.2. The Labute approximate surface area is 172 Å². The number of phenols is 1. The van der Waals surface area contributed by atoms with Gasteiger partial charge in [-0.15, -0.1) is 11.3 Å². The molecule has 4 aromatic rings. The summed E-state index contributed by atoms with van der Waals surface area (Å²) >= 11 is 1.39. The van der Waals surface area contributed by atoms with E-state index in [4.69, 9.17) is 0 Å². The number of phenolic OH excluding ortho intramolecular Hbond substituents is 1. The summed E-state index contributed by atoms with van der Waals surface area (Å²) in [5.41, 5.74) is 3.26. The van der Waals surface area contributed by atoms with Crippen LogP contribution in [0.1, 0.15) is 18.4 Å². The Balaban J connectivity index is 1.69. The van der Waals surface area contributed by atoms with Gasteiger partial charge in [-0.05, 0) is 54.0 Å². The number of aryl methyl sites for hydroxylation is 1. The van der Waals surface area contributed by atoms with Crippen LogP contribution in [-0.4, -0.2) is 30.5 Å². The molecule has 2 N–H and O–H groups in total. The quantitative estimate of drug-likeness (QED) is 0.444. The average molecular weight is 428 g/mol. The SMILES string of the molecule is CS(=O)(=O)CCCCc1ccc(-c2c(O)ccc3[nH]c(=O)c4sccc4c23)cc1. The third-order valence-corrected chi connectivity index (χ3v) is 6.99. The summed E-state index contributed by atoms with van der Waals surface area (Å²) in [5.74, 6) is 0.377. The Kier molecular flexibility index (Phi) is 5.19. The second-order valence-corrected chi connectivity index (χ2v) is 10.5. The number of fused-ring (bicyclic) bond motifs is 3. The molecule has 0 aliphatic heterocycles. The molecule has 0 spiro atoms. The smallest absolute Gasteiger partial charge is 0.266 e. The highest BCUT2D eigenvalue weighted by Crippen LogP contribution is 2.39. The van der Waals surface area contributed by atoms with E-state index in [0.717, 1.165) is 34.7 Å². The molecule has 150 valence electrons. The van der Waals surface area contributed by atoms with Crippen molar-refractivity contribution in [3.05, 3.63) is 63.8 Å². The van der Waals surface area contributed by atoms with Gasteiger partial charge in [0.2, 0.25) is 0 Å². The second kappa shape index (κ2) is 7.65. The van der Waals surface area contributed by atoms with Crippen molar-refractivity contribution in [3.63, 3.8) is 0 Å². The molecule has 7 heteroatoms. The molecule has 0 unspecified atom stereocenters. The maximum atomic E-state index is 12.3. The molecule has 2 heterocycles. The standard InChI is InChI=1S/C22H21NO4S2/c1-29(26,27)13-3-2-4-14-5-7-15(8-6-14)19-18(24)10-9-17-20(19)16-11-12-28-21(16)22(25)23-17/h5-12,24H,2-4,13H2,1H3,(H,23,25). The predicted molar refractivity (Wildman–Crippen MR) is 120 cm³/mol. The van der Waals surface area contributed by atoms with Gasteiger partial charge in [-0.3, -0.25) is 4.79 Å². The van der Waals surface area contributed by atoms with Crippen molar-refractivity contribution in [3.8, 4) is 16.9 Å². The highest BCUT2D eigenvalue weighted by molar-refractivity contribution is 7.90. The van der Waals surface area contributed by atoms with Gasteiger partial charge in [0, 0.05) is 33.9 Å². The molecule has 29 heavy (non-hydrogen) atoms. The minimum Gasteiger partial charge on any atom is -0.507 e. The Hall–Kier alpha value is -2.64.